The van der Waals surface area contributed by atoms with Gasteiger partial charge in [0, 0.05) is 17.1 Å². The second-order valence-corrected chi connectivity index (χ2v) is 4.45. The summed E-state index contributed by atoms with van der Waals surface area (Å²) < 4.78 is 0. The number of hydrogen-bond donors (Lipinski definition) is 1. The van der Waals surface area contributed by atoms with E-state index in [2.05, 4.69) is 12.2 Å². The maximum absolute atomic E-state index is 11.9. The van der Waals surface area contributed by atoms with Crippen LogP contribution in [0.4, 0.5) is 0 Å². The second-order valence-electron chi connectivity index (χ2n) is 4.01. The van der Waals surface area contributed by atoms with Gasteiger partial charge in [-0.2, -0.15) is 0 Å². The predicted molar refractivity (Wildman–Crippen MR) is 73.5 cm³/mol. The molecule has 0 aliphatic rings. The number of benzene rings is 2. The van der Waals surface area contributed by atoms with Crippen molar-refractivity contribution in [1.82, 2.24) is 5.32 Å². The van der Waals surface area contributed by atoms with Gasteiger partial charge < -0.3 is 5.32 Å². The van der Waals surface area contributed by atoms with Gasteiger partial charge in [0.2, 0.25) is 0 Å². The summed E-state index contributed by atoms with van der Waals surface area (Å²) >= 11 is 5.79. The Balaban J connectivity index is 1.98. The van der Waals surface area contributed by atoms with Crippen molar-refractivity contribution in [2.24, 2.45) is 0 Å². The van der Waals surface area contributed by atoms with Gasteiger partial charge in [-0.25, -0.2) is 0 Å². The molecule has 0 aliphatic heterocycles. The Hall–Kier alpha value is -1.80. The number of carbonyl (C=O) groups is 1. The van der Waals surface area contributed by atoms with Crippen molar-refractivity contribution in [2.45, 2.75) is 6.54 Å². The number of rotatable bonds is 3. The van der Waals surface area contributed by atoms with Crippen LogP contribution < -0.4 is 5.32 Å². The molecule has 0 saturated carbocycles. The molecule has 0 bridgehead atoms. The Kier molecular flexibility index (Phi) is 4.00. The zero-order chi connectivity index (χ0) is 13.0. The summed E-state index contributed by atoms with van der Waals surface area (Å²) in [7, 11) is 0. The Morgan fingerprint density at radius 2 is 1.89 bits per heavy atom. The van der Waals surface area contributed by atoms with Crippen LogP contribution in [-0.2, 0) is 6.54 Å². The quantitative estimate of drug-likeness (QED) is 0.898. The molecule has 0 spiro atoms. The highest BCUT2D eigenvalue weighted by Crippen LogP contribution is 2.09. The predicted octanol–water partition coefficient (Wildman–Crippen LogP) is 3.45. The van der Waals surface area contributed by atoms with Gasteiger partial charge in [-0.15, -0.1) is 0 Å². The highest BCUT2D eigenvalue weighted by atomic mass is 35.5. The highest BCUT2D eigenvalue weighted by molar-refractivity contribution is 6.30. The van der Waals surface area contributed by atoms with Gasteiger partial charge in [0.1, 0.15) is 0 Å². The van der Waals surface area contributed by atoms with E-state index in [-0.39, 0.29) is 5.91 Å². The van der Waals surface area contributed by atoms with Crippen molar-refractivity contribution in [3.05, 3.63) is 77.2 Å². The molecule has 91 valence electrons. The normalized spacial score (nSPS) is 10.1. The number of hydrogen-bond acceptors (Lipinski definition) is 1. The molecule has 1 amide bonds. The van der Waals surface area contributed by atoms with Gasteiger partial charge in [-0.05, 0) is 42.3 Å². The molecule has 0 fully saturated rings. The van der Waals surface area contributed by atoms with Crippen LogP contribution in [-0.4, -0.2) is 5.91 Å². The lowest BCUT2D eigenvalue weighted by Gasteiger charge is -2.06. The second kappa shape index (κ2) is 5.69. The van der Waals surface area contributed by atoms with E-state index < -0.39 is 0 Å². The zero-order valence-corrected chi connectivity index (χ0v) is 10.6. The first-order chi connectivity index (χ1) is 8.65. The third kappa shape index (κ3) is 3.34. The topological polar surface area (TPSA) is 29.1 Å². The van der Waals surface area contributed by atoms with Crippen molar-refractivity contribution < 1.29 is 4.79 Å². The van der Waals surface area contributed by atoms with Crippen molar-refractivity contribution in [2.75, 3.05) is 0 Å². The fraction of sp³-hybridized carbons (Fsp3) is 0.0667. The van der Waals surface area contributed by atoms with Crippen molar-refractivity contribution in [1.29, 1.82) is 0 Å². The van der Waals surface area contributed by atoms with E-state index >= 15 is 0 Å². The molecule has 0 saturated heterocycles. The average molecular weight is 259 g/mol. The van der Waals surface area contributed by atoms with Crippen LogP contribution in [0, 0.1) is 6.92 Å². The van der Waals surface area contributed by atoms with Gasteiger partial charge in [0.15, 0.2) is 0 Å². The van der Waals surface area contributed by atoms with E-state index in [1.807, 2.05) is 24.3 Å². The molecular formula is C15H13ClNO. The molecule has 0 unspecified atom stereocenters. The first-order valence-corrected chi connectivity index (χ1v) is 5.97. The lowest BCUT2D eigenvalue weighted by molar-refractivity contribution is 0.0951. The summed E-state index contributed by atoms with van der Waals surface area (Å²) in [6.45, 7) is 4.28. The largest absolute Gasteiger partial charge is 0.348 e. The molecular weight excluding hydrogens is 246 g/mol. The minimum Gasteiger partial charge on any atom is -0.348 e. The maximum Gasteiger partial charge on any atom is 0.251 e. The molecule has 1 radical (unpaired) electrons. The van der Waals surface area contributed by atoms with Gasteiger partial charge in [0.25, 0.3) is 5.91 Å². The minimum atomic E-state index is -0.101. The van der Waals surface area contributed by atoms with E-state index in [0.717, 1.165) is 11.1 Å². The van der Waals surface area contributed by atoms with Gasteiger partial charge in [-0.3, -0.25) is 4.79 Å². The molecule has 0 aliphatic carbocycles. The van der Waals surface area contributed by atoms with Crippen molar-refractivity contribution in [3.63, 3.8) is 0 Å². The van der Waals surface area contributed by atoms with Crippen LogP contribution in [0.3, 0.4) is 0 Å². The van der Waals surface area contributed by atoms with Crippen LogP contribution in [0.5, 0.6) is 0 Å². The molecule has 2 nitrogen and oxygen atoms in total. The number of halogens is 1. The monoisotopic (exact) mass is 258 g/mol. The van der Waals surface area contributed by atoms with E-state index in [1.54, 1.807) is 24.3 Å². The fourth-order valence-electron chi connectivity index (χ4n) is 1.60. The van der Waals surface area contributed by atoms with E-state index in [1.165, 1.54) is 0 Å². The molecule has 0 aromatic heterocycles. The Labute approximate surface area is 112 Å². The molecule has 2 aromatic carbocycles. The van der Waals surface area contributed by atoms with E-state index in [0.29, 0.717) is 17.1 Å². The Morgan fingerprint density at radius 3 is 2.56 bits per heavy atom. The minimum absolute atomic E-state index is 0.101. The molecule has 2 rings (SSSR count). The van der Waals surface area contributed by atoms with E-state index in [4.69, 9.17) is 11.6 Å². The van der Waals surface area contributed by atoms with Crippen molar-refractivity contribution >= 4 is 17.5 Å². The first-order valence-electron chi connectivity index (χ1n) is 5.60. The molecule has 18 heavy (non-hydrogen) atoms. The maximum atomic E-state index is 11.9. The molecule has 2 aromatic rings. The zero-order valence-electron chi connectivity index (χ0n) is 9.82. The number of nitrogens with one attached hydrogen (secondary N) is 1. The summed E-state index contributed by atoms with van der Waals surface area (Å²) in [6.07, 6.45) is 0. The summed E-state index contributed by atoms with van der Waals surface area (Å²) in [6, 6.07) is 14.6. The fourth-order valence-corrected chi connectivity index (χ4v) is 1.73. The number of carbonyl (C=O) groups excluding carboxylic acids is 1. The SMILES string of the molecule is [CH2]c1cccc(C(=O)NCc2ccc(Cl)cc2)c1. The Bertz CT molecular complexity index is 549. The summed E-state index contributed by atoms with van der Waals surface area (Å²) in [5.74, 6) is -0.101. The molecule has 0 atom stereocenters. The Morgan fingerprint density at radius 1 is 1.17 bits per heavy atom. The van der Waals surface area contributed by atoms with Crippen LogP contribution in [0.25, 0.3) is 0 Å². The number of amides is 1. The van der Waals surface area contributed by atoms with Gasteiger partial charge in [0.05, 0.1) is 0 Å². The van der Waals surface area contributed by atoms with E-state index in [9.17, 15) is 4.79 Å². The standard InChI is InChI=1S/C15H13ClNO/c1-11-3-2-4-13(9-11)15(18)17-10-12-5-7-14(16)8-6-12/h2-9H,1,10H2,(H,17,18). The molecule has 3 heteroatoms. The summed E-state index contributed by atoms with van der Waals surface area (Å²) in [5, 5.41) is 3.54. The highest BCUT2D eigenvalue weighted by Gasteiger charge is 2.04. The summed E-state index contributed by atoms with van der Waals surface area (Å²) in [4.78, 5) is 11.9. The lowest BCUT2D eigenvalue weighted by atomic mass is 10.1. The van der Waals surface area contributed by atoms with Crippen LogP contribution >= 0.6 is 11.6 Å². The van der Waals surface area contributed by atoms with Gasteiger partial charge >= 0.3 is 0 Å². The van der Waals surface area contributed by atoms with Crippen LogP contribution in [0.15, 0.2) is 48.5 Å². The third-order valence-electron chi connectivity index (χ3n) is 2.56. The smallest absolute Gasteiger partial charge is 0.251 e. The first kappa shape index (κ1) is 12.7. The molecule has 0 heterocycles. The van der Waals surface area contributed by atoms with Crippen LogP contribution in [0.1, 0.15) is 21.5 Å². The van der Waals surface area contributed by atoms with Crippen LogP contribution in [0.2, 0.25) is 5.02 Å². The molecule has 1 N–H and O–H groups in total. The van der Waals surface area contributed by atoms with Gasteiger partial charge in [-0.1, -0.05) is 35.9 Å². The summed E-state index contributed by atoms with van der Waals surface area (Å²) in [5.41, 5.74) is 2.46. The average Bonchev–Trinajstić information content (AvgIpc) is 2.38. The lowest BCUT2D eigenvalue weighted by Crippen LogP contribution is -2.22. The van der Waals surface area contributed by atoms with Crippen molar-refractivity contribution in [3.8, 4) is 0 Å². The third-order valence-corrected chi connectivity index (χ3v) is 2.81.